The average molecular weight is 292 g/mol. The number of amides is 1. The number of fused-ring (bicyclic) bond motifs is 1. The second-order valence-corrected chi connectivity index (χ2v) is 5.83. The fourth-order valence-electron chi connectivity index (χ4n) is 1.81. The van der Waals surface area contributed by atoms with E-state index < -0.39 is 17.4 Å². The van der Waals surface area contributed by atoms with Crippen LogP contribution in [0.25, 0.3) is 11.1 Å². The summed E-state index contributed by atoms with van der Waals surface area (Å²) in [6.07, 6.45) is -0.534. The van der Waals surface area contributed by atoms with E-state index in [2.05, 4.69) is 10.3 Å². The summed E-state index contributed by atoms with van der Waals surface area (Å²) in [7, 11) is 0. The molecule has 6 heteroatoms. The van der Waals surface area contributed by atoms with E-state index in [1.165, 1.54) is 0 Å². The van der Waals surface area contributed by atoms with Gasteiger partial charge < -0.3 is 14.3 Å². The Labute approximate surface area is 123 Å². The summed E-state index contributed by atoms with van der Waals surface area (Å²) in [6, 6.07) is 7.14. The molecule has 0 aliphatic heterocycles. The predicted octanol–water partition coefficient (Wildman–Crippen LogP) is 2.91. The zero-order chi connectivity index (χ0) is 15.7. The van der Waals surface area contributed by atoms with Crippen LogP contribution < -0.4 is 5.32 Å². The molecule has 2 rings (SSSR count). The van der Waals surface area contributed by atoms with Gasteiger partial charge in [-0.1, -0.05) is 19.1 Å². The number of oxazole rings is 1. The van der Waals surface area contributed by atoms with E-state index in [0.29, 0.717) is 11.1 Å². The van der Waals surface area contributed by atoms with Crippen LogP contribution >= 0.6 is 0 Å². The predicted molar refractivity (Wildman–Crippen MR) is 77.6 cm³/mol. The van der Waals surface area contributed by atoms with E-state index in [0.717, 1.165) is 0 Å². The number of aromatic nitrogens is 1. The van der Waals surface area contributed by atoms with E-state index in [1.807, 2.05) is 12.1 Å². The van der Waals surface area contributed by atoms with Crippen LogP contribution in [0.3, 0.4) is 0 Å². The minimum atomic E-state index is -1.71. The Kier molecular flexibility index (Phi) is 3.91. The topological polar surface area (TPSA) is 84.6 Å². The number of carbonyl (C=O) groups excluding carboxylic acids is 1. The van der Waals surface area contributed by atoms with Crippen molar-refractivity contribution in [2.24, 2.45) is 0 Å². The Hall–Kier alpha value is -2.08. The molecule has 0 unspecified atom stereocenters. The van der Waals surface area contributed by atoms with Crippen LogP contribution in [-0.2, 0) is 10.5 Å². The highest BCUT2D eigenvalue weighted by molar-refractivity contribution is 5.73. The minimum absolute atomic E-state index is 0.0389. The molecular formula is C15H20N2O4. The van der Waals surface area contributed by atoms with E-state index in [-0.39, 0.29) is 12.3 Å². The molecule has 1 aromatic heterocycles. The van der Waals surface area contributed by atoms with E-state index in [9.17, 15) is 9.90 Å². The fraction of sp³-hybridized carbons (Fsp3) is 0.467. The van der Waals surface area contributed by atoms with Crippen LogP contribution in [0.15, 0.2) is 28.7 Å². The van der Waals surface area contributed by atoms with Crippen molar-refractivity contribution in [3.05, 3.63) is 30.2 Å². The van der Waals surface area contributed by atoms with Crippen molar-refractivity contribution >= 4 is 17.2 Å². The standard InChI is InChI=1S/C15H20N2O4/c1-5-15(19,17-13(18)21-14(2,3)4)12-16-10-8-6-7-9-11(10)20-12/h6-9,19H,5H2,1-4H3,(H,17,18)/t15-/m0/s1. The SMILES string of the molecule is CC[C@@](O)(NC(=O)OC(C)(C)C)c1nc2ccccc2o1. The Morgan fingerprint density at radius 1 is 1.38 bits per heavy atom. The lowest BCUT2D eigenvalue weighted by Crippen LogP contribution is -2.47. The molecule has 1 atom stereocenters. The van der Waals surface area contributed by atoms with Gasteiger partial charge in [-0.15, -0.1) is 0 Å². The van der Waals surface area contributed by atoms with Gasteiger partial charge in [0.15, 0.2) is 5.58 Å². The third kappa shape index (κ3) is 3.52. The lowest BCUT2D eigenvalue weighted by atomic mass is 10.1. The molecule has 1 aromatic carbocycles. The van der Waals surface area contributed by atoms with Crippen LogP contribution in [0.5, 0.6) is 0 Å². The third-order valence-corrected chi connectivity index (χ3v) is 2.87. The van der Waals surface area contributed by atoms with Gasteiger partial charge in [0, 0.05) is 6.42 Å². The molecule has 0 saturated heterocycles. The van der Waals surface area contributed by atoms with Gasteiger partial charge in [-0.25, -0.2) is 9.78 Å². The van der Waals surface area contributed by atoms with Crippen molar-refractivity contribution in [2.75, 3.05) is 0 Å². The molecule has 2 aromatic rings. The maximum absolute atomic E-state index is 11.9. The largest absolute Gasteiger partial charge is 0.444 e. The smallest absolute Gasteiger partial charge is 0.410 e. The molecule has 0 spiro atoms. The molecular weight excluding hydrogens is 272 g/mol. The normalized spacial score (nSPS) is 14.7. The highest BCUT2D eigenvalue weighted by atomic mass is 16.6. The van der Waals surface area contributed by atoms with Gasteiger partial charge in [-0.3, -0.25) is 5.32 Å². The number of benzene rings is 1. The molecule has 1 amide bonds. The van der Waals surface area contributed by atoms with Crippen LogP contribution in [0, 0.1) is 0 Å². The maximum atomic E-state index is 11.9. The van der Waals surface area contributed by atoms with E-state index in [4.69, 9.17) is 9.15 Å². The zero-order valence-electron chi connectivity index (χ0n) is 12.6. The van der Waals surface area contributed by atoms with Crippen LogP contribution in [0.1, 0.15) is 40.0 Å². The second-order valence-electron chi connectivity index (χ2n) is 5.83. The first kappa shape index (κ1) is 15.3. The summed E-state index contributed by atoms with van der Waals surface area (Å²) < 4.78 is 10.7. The number of nitrogens with zero attached hydrogens (tertiary/aromatic N) is 1. The highest BCUT2D eigenvalue weighted by Gasteiger charge is 2.36. The Morgan fingerprint density at radius 2 is 2.05 bits per heavy atom. The van der Waals surface area contributed by atoms with E-state index in [1.54, 1.807) is 39.8 Å². The van der Waals surface area contributed by atoms with Crippen molar-refractivity contribution in [3.63, 3.8) is 0 Å². The average Bonchev–Trinajstić information content (AvgIpc) is 2.80. The number of carbonyl (C=O) groups is 1. The number of aliphatic hydroxyl groups is 1. The Bertz CT molecular complexity index is 611. The van der Waals surface area contributed by atoms with Crippen molar-refractivity contribution in [3.8, 4) is 0 Å². The number of alkyl carbamates (subject to hydrolysis) is 1. The number of rotatable bonds is 3. The van der Waals surface area contributed by atoms with Gasteiger partial charge in [-0.2, -0.15) is 0 Å². The van der Waals surface area contributed by atoms with Gasteiger partial charge in [0.2, 0.25) is 11.6 Å². The summed E-state index contributed by atoms with van der Waals surface area (Å²) in [5, 5.41) is 13.0. The van der Waals surface area contributed by atoms with Crippen LogP contribution in [0.4, 0.5) is 4.79 Å². The van der Waals surface area contributed by atoms with Crippen LogP contribution in [-0.4, -0.2) is 21.8 Å². The molecule has 0 aliphatic carbocycles. The summed E-state index contributed by atoms with van der Waals surface area (Å²) in [4.78, 5) is 16.1. The van der Waals surface area contributed by atoms with Gasteiger partial charge >= 0.3 is 6.09 Å². The van der Waals surface area contributed by atoms with Crippen molar-refractivity contribution < 1.29 is 19.1 Å². The van der Waals surface area contributed by atoms with Gasteiger partial charge in [0.1, 0.15) is 11.1 Å². The van der Waals surface area contributed by atoms with E-state index >= 15 is 0 Å². The van der Waals surface area contributed by atoms with Crippen molar-refractivity contribution in [1.29, 1.82) is 0 Å². The molecule has 21 heavy (non-hydrogen) atoms. The molecule has 2 N–H and O–H groups in total. The van der Waals surface area contributed by atoms with Gasteiger partial charge in [0.05, 0.1) is 0 Å². The van der Waals surface area contributed by atoms with Gasteiger partial charge in [0.25, 0.3) is 0 Å². The fourth-order valence-corrected chi connectivity index (χ4v) is 1.81. The summed E-state index contributed by atoms with van der Waals surface area (Å²) in [5.41, 5.74) is -1.20. The number of hydrogen-bond donors (Lipinski definition) is 2. The van der Waals surface area contributed by atoms with Crippen molar-refractivity contribution in [2.45, 2.75) is 45.4 Å². The second kappa shape index (κ2) is 5.37. The Morgan fingerprint density at radius 3 is 2.62 bits per heavy atom. The third-order valence-electron chi connectivity index (χ3n) is 2.87. The molecule has 6 nitrogen and oxygen atoms in total. The quantitative estimate of drug-likeness (QED) is 0.850. The zero-order valence-corrected chi connectivity index (χ0v) is 12.6. The minimum Gasteiger partial charge on any atom is -0.444 e. The molecule has 0 bridgehead atoms. The van der Waals surface area contributed by atoms with Crippen molar-refractivity contribution in [1.82, 2.24) is 10.3 Å². The number of nitrogens with one attached hydrogen (secondary N) is 1. The monoisotopic (exact) mass is 292 g/mol. The first-order valence-corrected chi connectivity index (χ1v) is 6.83. The lowest BCUT2D eigenvalue weighted by Gasteiger charge is -2.27. The number of para-hydroxylation sites is 2. The highest BCUT2D eigenvalue weighted by Crippen LogP contribution is 2.26. The van der Waals surface area contributed by atoms with Gasteiger partial charge in [-0.05, 0) is 32.9 Å². The molecule has 0 fully saturated rings. The summed E-state index contributed by atoms with van der Waals surface area (Å²) >= 11 is 0. The molecule has 114 valence electrons. The molecule has 0 aliphatic rings. The summed E-state index contributed by atoms with van der Waals surface area (Å²) in [5.74, 6) is 0.0389. The number of hydrogen-bond acceptors (Lipinski definition) is 5. The molecule has 0 radical (unpaired) electrons. The maximum Gasteiger partial charge on any atom is 0.410 e. The first-order valence-electron chi connectivity index (χ1n) is 6.83. The molecule has 0 saturated carbocycles. The summed E-state index contributed by atoms with van der Waals surface area (Å²) in [6.45, 7) is 6.96. The lowest BCUT2D eigenvalue weighted by molar-refractivity contribution is -0.0371. The Balaban J connectivity index is 2.26. The number of ether oxygens (including phenoxy) is 1. The first-order chi connectivity index (χ1) is 9.73. The van der Waals surface area contributed by atoms with Crippen LogP contribution in [0.2, 0.25) is 0 Å². The molecule has 1 heterocycles.